The summed E-state index contributed by atoms with van der Waals surface area (Å²) in [6.45, 7) is 2.58. The van der Waals surface area contributed by atoms with E-state index in [-0.39, 0.29) is 37.3 Å². The number of nitrogens with one attached hydrogen (secondary N) is 2. The molecule has 7 nitrogen and oxygen atoms in total. The Bertz CT molecular complexity index is 929. The van der Waals surface area contributed by atoms with Crippen LogP contribution < -0.4 is 10.6 Å². The molecule has 3 N–H and O–H groups in total. The lowest BCUT2D eigenvalue weighted by atomic mass is 9.98. The minimum absolute atomic E-state index is 0.0115. The van der Waals surface area contributed by atoms with Crippen LogP contribution in [-0.2, 0) is 14.3 Å². The second-order valence-corrected chi connectivity index (χ2v) is 8.36. The summed E-state index contributed by atoms with van der Waals surface area (Å²) < 4.78 is 5.61. The molecular weight excluding hydrogens is 420 g/mol. The van der Waals surface area contributed by atoms with E-state index < -0.39 is 12.1 Å². The zero-order valence-electron chi connectivity index (χ0n) is 19.0. The molecule has 0 heterocycles. The lowest BCUT2D eigenvalue weighted by molar-refractivity contribution is -0.137. The predicted octanol–water partition coefficient (Wildman–Crippen LogP) is 4.46. The van der Waals surface area contributed by atoms with E-state index in [9.17, 15) is 14.4 Å². The van der Waals surface area contributed by atoms with Crippen LogP contribution in [0.15, 0.2) is 48.5 Å². The van der Waals surface area contributed by atoms with Gasteiger partial charge in [0, 0.05) is 31.3 Å². The van der Waals surface area contributed by atoms with Crippen LogP contribution in [0.3, 0.4) is 0 Å². The molecule has 33 heavy (non-hydrogen) atoms. The molecule has 1 aliphatic rings. The SMILES string of the molecule is CCCC[C@H](CC(=O)NCCCC(=O)O)NC(=O)OCC1c2ccccc2-c2ccccc21. The first kappa shape index (κ1) is 24.3. The van der Waals surface area contributed by atoms with Crippen LogP contribution in [0.25, 0.3) is 11.1 Å². The molecule has 0 radical (unpaired) electrons. The Labute approximate surface area is 194 Å². The van der Waals surface area contributed by atoms with Crippen LogP contribution in [0.1, 0.15) is 62.5 Å². The fourth-order valence-electron chi connectivity index (χ4n) is 4.25. The van der Waals surface area contributed by atoms with Gasteiger partial charge in [-0.05, 0) is 35.1 Å². The number of amides is 2. The molecule has 2 amide bonds. The molecule has 1 atom stereocenters. The Balaban J connectivity index is 1.54. The summed E-state index contributed by atoms with van der Waals surface area (Å²) >= 11 is 0. The highest BCUT2D eigenvalue weighted by molar-refractivity contribution is 5.79. The summed E-state index contributed by atoms with van der Waals surface area (Å²) in [4.78, 5) is 35.4. The first-order valence-electron chi connectivity index (χ1n) is 11.6. The Hall–Kier alpha value is -3.35. The monoisotopic (exact) mass is 452 g/mol. The van der Waals surface area contributed by atoms with Crippen LogP contribution in [-0.4, -0.2) is 42.3 Å². The molecule has 0 saturated heterocycles. The van der Waals surface area contributed by atoms with E-state index >= 15 is 0 Å². The molecule has 0 unspecified atom stereocenters. The molecule has 0 aromatic heterocycles. The van der Waals surface area contributed by atoms with Gasteiger partial charge in [0.05, 0.1) is 0 Å². The molecule has 3 rings (SSSR count). The maximum atomic E-state index is 12.6. The number of carbonyl (C=O) groups excluding carboxylic acids is 2. The third-order valence-electron chi connectivity index (χ3n) is 5.89. The summed E-state index contributed by atoms with van der Waals surface area (Å²) in [7, 11) is 0. The zero-order valence-corrected chi connectivity index (χ0v) is 19.0. The topological polar surface area (TPSA) is 105 Å². The first-order valence-corrected chi connectivity index (χ1v) is 11.6. The summed E-state index contributed by atoms with van der Waals surface area (Å²) in [5, 5.41) is 14.3. The molecule has 2 aromatic rings. The van der Waals surface area contributed by atoms with Gasteiger partial charge in [-0.2, -0.15) is 0 Å². The Morgan fingerprint density at radius 2 is 1.64 bits per heavy atom. The van der Waals surface area contributed by atoms with E-state index in [4.69, 9.17) is 9.84 Å². The van der Waals surface area contributed by atoms with Crippen molar-refractivity contribution in [3.05, 3.63) is 59.7 Å². The lowest BCUT2D eigenvalue weighted by Gasteiger charge is -2.20. The van der Waals surface area contributed by atoms with Crippen LogP contribution in [0.4, 0.5) is 4.79 Å². The van der Waals surface area contributed by atoms with Gasteiger partial charge in [-0.1, -0.05) is 68.3 Å². The minimum Gasteiger partial charge on any atom is -0.481 e. The summed E-state index contributed by atoms with van der Waals surface area (Å²) in [5.74, 6) is -1.11. The van der Waals surface area contributed by atoms with Crippen molar-refractivity contribution >= 4 is 18.0 Å². The first-order chi connectivity index (χ1) is 16.0. The summed E-state index contributed by atoms with van der Waals surface area (Å²) in [6.07, 6.45) is 2.49. The van der Waals surface area contributed by atoms with Gasteiger partial charge in [-0.15, -0.1) is 0 Å². The molecule has 0 spiro atoms. The van der Waals surface area contributed by atoms with Crippen molar-refractivity contribution in [2.75, 3.05) is 13.2 Å². The van der Waals surface area contributed by atoms with Gasteiger partial charge >= 0.3 is 12.1 Å². The van der Waals surface area contributed by atoms with E-state index in [2.05, 4.69) is 41.8 Å². The molecule has 0 bridgehead atoms. The maximum Gasteiger partial charge on any atom is 0.407 e. The van der Waals surface area contributed by atoms with Crippen molar-refractivity contribution in [3.63, 3.8) is 0 Å². The molecule has 0 aliphatic heterocycles. The van der Waals surface area contributed by atoms with Gasteiger partial charge in [0.15, 0.2) is 0 Å². The highest BCUT2D eigenvalue weighted by Crippen LogP contribution is 2.44. The number of aliphatic carboxylic acids is 1. The average molecular weight is 453 g/mol. The second-order valence-electron chi connectivity index (χ2n) is 8.36. The molecule has 2 aromatic carbocycles. The number of unbranched alkanes of at least 4 members (excludes halogenated alkanes) is 1. The fourth-order valence-corrected chi connectivity index (χ4v) is 4.25. The van der Waals surface area contributed by atoms with Crippen molar-refractivity contribution in [1.29, 1.82) is 0 Å². The zero-order chi connectivity index (χ0) is 23.6. The van der Waals surface area contributed by atoms with Gasteiger partial charge in [0.1, 0.15) is 6.61 Å². The number of carboxylic acids is 1. The number of ether oxygens (including phenoxy) is 1. The number of fused-ring (bicyclic) bond motifs is 3. The highest BCUT2D eigenvalue weighted by Gasteiger charge is 2.29. The van der Waals surface area contributed by atoms with Crippen LogP contribution in [0, 0.1) is 0 Å². The molecule has 7 heteroatoms. The van der Waals surface area contributed by atoms with Crippen LogP contribution >= 0.6 is 0 Å². The van der Waals surface area contributed by atoms with Gasteiger partial charge in [-0.3, -0.25) is 9.59 Å². The van der Waals surface area contributed by atoms with Crippen molar-refractivity contribution in [2.24, 2.45) is 0 Å². The number of carboxylic acid groups (broad SMARTS) is 1. The van der Waals surface area contributed by atoms with E-state index in [0.717, 1.165) is 24.0 Å². The van der Waals surface area contributed by atoms with Gasteiger partial charge in [0.2, 0.25) is 5.91 Å². The molecular formula is C26H32N2O5. The fraction of sp³-hybridized carbons (Fsp3) is 0.423. The number of hydrogen-bond acceptors (Lipinski definition) is 4. The minimum atomic E-state index is -0.887. The molecule has 176 valence electrons. The average Bonchev–Trinajstić information content (AvgIpc) is 3.12. The largest absolute Gasteiger partial charge is 0.481 e. The number of rotatable bonds is 12. The molecule has 1 aliphatic carbocycles. The highest BCUT2D eigenvalue weighted by atomic mass is 16.5. The summed E-state index contributed by atoms with van der Waals surface area (Å²) in [5.41, 5.74) is 4.63. The Kier molecular flexibility index (Phi) is 8.87. The van der Waals surface area contributed by atoms with Crippen molar-refractivity contribution in [2.45, 2.75) is 57.4 Å². The lowest BCUT2D eigenvalue weighted by Crippen LogP contribution is -2.40. The van der Waals surface area contributed by atoms with Gasteiger partial charge in [0.25, 0.3) is 0 Å². The normalized spacial score (nSPS) is 13.0. The van der Waals surface area contributed by atoms with E-state index in [1.54, 1.807) is 0 Å². The summed E-state index contributed by atoms with van der Waals surface area (Å²) in [6, 6.07) is 16.0. The van der Waals surface area contributed by atoms with Crippen molar-refractivity contribution in [1.82, 2.24) is 10.6 Å². The second kappa shape index (κ2) is 12.0. The number of hydrogen-bond donors (Lipinski definition) is 3. The number of carbonyl (C=O) groups is 3. The van der Waals surface area contributed by atoms with E-state index in [0.29, 0.717) is 19.4 Å². The number of alkyl carbamates (subject to hydrolysis) is 1. The molecule has 0 fully saturated rings. The van der Waals surface area contributed by atoms with Gasteiger partial charge < -0.3 is 20.5 Å². The third-order valence-corrected chi connectivity index (χ3v) is 5.89. The van der Waals surface area contributed by atoms with Crippen LogP contribution in [0.5, 0.6) is 0 Å². The Morgan fingerprint density at radius 3 is 2.24 bits per heavy atom. The smallest absolute Gasteiger partial charge is 0.407 e. The van der Waals surface area contributed by atoms with Gasteiger partial charge in [-0.25, -0.2) is 4.79 Å². The van der Waals surface area contributed by atoms with Crippen molar-refractivity contribution in [3.8, 4) is 11.1 Å². The quantitative estimate of drug-likeness (QED) is 0.413. The van der Waals surface area contributed by atoms with Crippen LogP contribution in [0.2, 0.25) is 0 Å². The standard InChI is InChI=1S/C26H32N2O5/c1-2-3-9-18(16-24(29)27-15-8-14-25(30)31)28-26(32)33-17-23-21-12-6-4-10-19(21)20-11-5-7-13-22(20)23/h4-7,10-13,18,23H,2-3,8-9,14-17H2,1H3,(H,27,29)(H,28,32)(H,30,31)/t18-/m1/s1. The van der Waals surface area contributed by atoms with Crippen molar-refractivity contribution < 1.29 is 24.2 Å². The molecule has 0 saturated carbocycles. The Morgan fingerprint density at radius 1 is 1.00 bits per heavy atom. The van der Waals surface area contributed by atoms with E-state index in [1.807, 2.05) is 24.3 Å². The van der Waals surface area contributed by atoms with E-state index in [1.165, 1.54) is 11.1 Å². The maximum absolute atomic E-state index is 12.6. The third kappa shape index (κ3) is 6.81. The number of benzene rings is 2. The predicted molar refractivity (Wildman–Crippen MR) is 126 cm³/mol.